The van der Waals surface area contributed by atoms with E-state index in [-0.39, 0.29) is 35.3 Å². The van der Waals surface area contributed by atoms with E-state index in [4.69, 9.17) is 14.0 Å². The topological polar surface area (TPSA) is 139 Å². The number of guanidine groups is 1. The van der Waals surface area contributed by atoms with Crippen molar-refractivity contribution in [1.29, 1.82) is 0 Å². The monoisotopic (exact) mass is 657 g/mol. The zero-order chi connectivity index (χ0) is 33.9. The van der Waals surface area contributed by atoms with Crippen molar-refractivity contribution < 1.29 is 55.0 Å². The molecule has 0 bridgehead atoms. The lowest BCUT2D eigenvalue weighted by molar-refractivity contribution is -0.139. The highest BCUT2D eigenvalue weighted by molar-refractivity contribution is 5.98. The number of carboxylic acid groups (broad SMARTS) is 1. The standard InChI is InChI=1S/C29H29F6N5O6/c1-27(2,3)45-26(43)38-24(37-25(41)42)40-12-4-5-18(14-40)23-36-22(39-46-23)17-8-11-21(20(13-17)29(33,34)35)44-15-16-6-9-19(10-7-16)28(30,31)32/h6-11,13,18H,4-5,12,14-15H2,1-3H3,(H,41,42)(H,37,38,43). The van der Waals surface area contributed by atoms with Crippen molar-refractivity contribution >= 4 is 18.1 Å². The molecule has 2 heterocycles. The Morgan fingerprint density at radius 3 is 2.37 bits per heavy atom. The maximum Gasteiger partial charge on any atom is 0.437 e. The van der Waals surface area contributed by atoms with Gasteiger partial charge in [0.05, 0.1) is 17.0 Å². The second-order valence-electron chi connectivity index (χ2n) is 11.3. The van der Waals surface area contributed by atoms with Crippen LogP contribution in [0.3, 0.4) is 0 Å². The Morgan fingerprint density at radius 2 is 1.76 bits per heavy atom. The molecule has 1 fully saturated rings. The Morgan fingerprint density at radius 1 is 1.07 bits per heavy atom. The molecule has 1 saturated heterocycles. The third kappa shape index (κ3) is 9.10. The first kappa shape index (κ1) is 34.1. The molecule has 4 rings (SSSR count). The number of nitrogens with one attached hydrogen (secondary N) is 1. The van der Waals surface area contributed by atoms with Gasteiger partial charge in [-0.25, -0.2) is 9.59 Å². The third-order valence-corrected chi connectivity index (χ3v) is 6.54. The van der Waals surface area contributed by atoms with E-state index in [2.05, 4.69) is 20.4 Å². The molecule has 1 aliphatic heterocycles. The lowest BCUT2D eigenvalue weighted by atomic mass is 9.98. The number of benzene rings is 2. The van der Waals surface area contributed by atoms with Crippen LogP contribution in [0.25, 0.3) is 11.4 Å². The van der Waals surface area contributed by atoms with Gasteiger partial charge >= 0.3 is 24.5 Å². The van der Waals surface area contributed by atoms with Gasteiger partial charge in [0.25, 0.3) is 0 Å². The summed E-state index contributed by atoms with van der Waals surface area (Å²) in [5.74, 6) is -1.39. The fourth-order valence-corrected chi connectivity index (χ4v) is 4.50. The first-order valence-electron chi connectivity index (χ1n) is 13.8. The van der Waals surface area contributed by atoms with Crippen molar-refractivity contribution in [2.75, 3.05) is 13.1 Å². The molecule has 1 aliphatic rings. The maximum absolute atomic E-state index is 14.0. The molecule has 2 amide bonds. The number of hydrogen-bond donors (Lipinski definition) is 2. The van der Waals surface area contributed by atoms with Gasteiger partial charge < -0.3 is 24.0 Å². The highest BCUT2D eigenvalue weighted by Crippen LogP contribution is 2.39. The minimum atomic E-state index is -4.86. The van der Waals surface area contributed by atoms with Crippen LogP contribution in [0.5, 0.6) is 5.75 Å². The van der Waals surface area contributed by atoms with Gasteiger partial charge in [-0.3, -0.25) is 5.32 Å². The first-order chi connectivity index (χ1) is 21.4. The van der Waals surface area contributed by atoms with Gasteiger partial charge in [-0.15, -0.1) is 4.99 Å². The number of likely N-dealkylation sites (tertiary alicyclic amines) is 1. The van der Waals surface area contributed by atoms with Crippen molar-refractivity contribution in [3.05, 3.63) is 65.0 Å². The molecule has 3 aromatic rings. The van der Waals surface area contributed by atoms with E-state index in [0.29, 0.717) is 19.4 Å². The van der Waals surface area contributed by atoms with E-state index in [1.807, 2.05) is 0 Å². The van der Waals surface area contributed by atoms with Crippen LogP contribution in [0.4, 0.5) is 35.9 Å². The second kappa shape index (κ2) is 13.3. The van der Waals surface area contributed by atoms with E-state index in [1.165, 1.54) is 11.0 Å². The lowest BCUT2D eigenvalue weighted by Crippen LogP contribution is -2.48. The number of alkyl halides is 6. The second-order valence-corrected chi connectivity index (χ2v) is 11.3. The number of rotatable bonds is 5. The Balaban J connectivity index is 1.51. The van der Waals surface area contributed by atoms with Crippen LogP contribution in [0, 0.1) is 0 Å². The number of aliphatic imine (C=N–C) groups is 1. The highest BCUT2D eigenvalue weighted by Gasteiger charge is 2.36. The van der Waals surface area contributed by atoms with Gasteiger partial charge in [0.2, 0.25) is 17.7 Å². The predicted molar refractivity (Wildman–Crippen MR) is 149 cm³/mol. The van der Waals surface area contributed by atoms with Crippen LogP contribution in [0.2, 0.25) is 0 Å². The third-order valence-electron chi connectivity index (χ3n) is 6.54. The highest BCUT2D eigenvalue weighted by atomic mass is 19.4. The Kier molecular flexibility index (Phi) is 9.82. The normalized spacial score (nSPS) is 16.2. The molecule has 46 heavy (non-hydrogen) atoms. The fourth-order valence-electron chi connectivity index (χ4n) is 4.50. The van der Waals surface area contributed by atoms with E-state index < -0.39 is 59.5 Å². The molecule has 11 nitrogen and oxygen atoms in total. The largest absolute Gasteiger partial charge is 0.488 e. The molecular weight excluding hydrogens is 628 g/mol. The average Bonchev–Trinajstić information content (AvgIpc) is 3.44. The zero-order valence-corrected chi connectivity index (χ0v) is 24.7. The molecule has 1 atom stereocenters. The SMILES string of the molecule is CC(C)(C)OC(=O)N=C(NC(=O)O)N1CCCC(c2nc(-c3ccc(OCc4ccc(C(F)(F)F)cc4)c(C(F)(F)F)c3)no2)C1. The van der Waals surface area contributed by atoms with Crippen molar-refractivity contribution in [2.24, 2.45) is 4.99 Å². The minimum absolute atomic E-state index is 0.0448. The summed E-state index contributed by atoms with van der Waals surface area (Å²) < 4.78 is 96.1. The lowest BCUT2D eigenvalue weighted by Gasteiger charge is -2.32. The first-order valence-corrected chi connectivity index (χ1v) is 13.8. The maximum atomic E-state index is 14.0. The summed E-state index contributed by atoms with van der Waals surface area (Å²) in [6, 6.07) is 6.95. The van der Waals surface area contributed by atoms with Crippen LogP contribution in [0.15, 0.2) is 52.0 Å². The van der Waals surface area contributed by atoms with Crippen LogP contribution in [-0.2, 0) is 23.7 Å². The van der Waals surface area contributed by atoms with Crippen molar-refractivity contribution in [2.45, 2.75) is 64.1 Å². The number of hydrogen-bond acceptors (Lipinski definition) is 7. The van der Waals surface area contributed by atoms with Gasteiger partial charge in [-0.05, 0) is 69.5 Å². The van der Waals surface area contributed by atoms with Gasteiger partial charge in [-0.1, -0.05) is 17.3 Å². The van der Waals surface area contributed by atoms with Crippen LogP contribution in [0.1, 0.15) is 62.1 Å². The van der Waals surface area contributed by atoms with E-state index in [9.17, 15) is 41.0 Å². The molecular formula is C29H29F6N5O6. The number of carbonyl (C=O) groups is 2. The smallest absolute Gasteiger partial charge is 0.437 e. The van der Waals surface area contributed by atoms with Gasteiger partial charge in [0.15, 0.2) is 0 Å². The molecule has 0 spiro atoms. The van der Waals surface area contributed by atoms with Crippen molar-refractivity contribution in [3.8, 4) is 17.1 Å². The Hall–Kier alpha value is -4.83. The zero-order valence-electron chi connectivity index (χ0n) is 24.7. The molecule has 0 radical (unpaired) electrons. The van der Waals surface area contributed by atoms with Crippen LogP contribution < -0.4 is 10.1 Å². The van der Waals surface area contributed by atoms with Crippen LogP contribution in [-0.4, -0.2) is 57.0 Å². The van der Waals surface area contributed by atoms with E-state index in [0.717, 1.165) is 36.4 Å². The summed E-state index contributed by atoms with van der Waals surface area (Å²) in [6.07, 6.45) is -10.9. The van der Waals surface area contributed by atoms with E-state index in [1.54, 1.807) is 20.8 Å². The van der Waals surface area contributed by atoms with Crippen molar-refractivity contribution in [3.63, 3.8) is 0 Å². The summed E-state index contributed by atoms with van der Waals surface area (Å²) in [4.78, 5) is 33.1. The predicted octanol–water partition coefficient (Wildman–Crippen LogP) is 7.09. The summed E-state index contributed by atoms with van der Waals surface area (Å²) >= 11 is 0. The van der Waals surface area contributed by atoms with Crippen molar-refractivity contribution in [1.82, 2.24) is 20.4 Å². The Bertz CT molecular complexity index is 1580. The number of halogens is 6. The molecule has 1 aromatic heterocycles. The summed E-state index contributed by atoms with van der Waals surface area (Å²) in [5.41, 5.74) is -2.75. The number of piperidine rings is 1. The number of amides is 2. The van der Waals surface area contributed by atoms with Gasteiger partial charge in [-0.2, -0.15) is 31.3 Å². The number of carbonyl (C=O) groups excluding carboxylic acids is 1. The molecule has 1 unspecified atom stereocenters. The molecule has 2 N–H and O–H groups in total. The summed E-state index contributed by atoms with van der Waals surface area (Å²) in [5, 5.41) is 15.2. The quantitative estimate of drug-likeness (QED) is 0.167. The number of nitrogens with zero attached hydrogens (tertiary/aromatic N) is 4. The summed E-state index contributed by atoms with van der Waals surface area (Å²) in [7, 11) is 0. The number of ether oxygens (including phenoxy) is 2. The molecule has 0 saturated carbocycles. The average molecular weight is 658 g/mol. The Labute approximate surface area is 258 Å². The van der Waals surface area contributed by atoms with Gasteiger partial charge in [0, 0.05) is 18.7 Å². The molecule has 248 valence electrons. The fraction of sp³-hybridized carbons (Fsp3) is 0.414. The van der Waals surface area contributed by atoms with E-state index >= 15 is 0 Å². The molecule has 0 aliphatic carbocycles. The summed E-state index contributed by atoms with van der Waals surface area (Å²) in [6.45, 7) is 4.86. The minimum Gasteiger partial charge on any atom is -0.488 e. The van der Waals surface area contributed by atoms with Gasteiger partial charge in [0.1, 0.15) is 18.0 Å². The molecule has 2 aromatic carbocycles. The molecule has 17 heteroatoms. The number of aromatic nitrogens is 2. The van der Waals surface area contributed by atoms with Crippen LogP contribution >= 0.6 is 0 Å².